The molecular formula is C19H17ClN4O2S. The summed E-state index contributed by atoms with van der Waals surface area (Å²) in [5, 5.41) is 15.2. The van der Waals surface area contributed by atoms with E-state index in [0.29, 0.717) is 21.6 Å². The first-order valence-corrected chi connectivity index (χ1v) is 9.42. The minimum absolute atomic E-state index is 0.273. The summed E-state index contributed by atoms with van der Waals surface area (Å²) in [6.45, 7) is 1.38. The number of nitrogens with zero attached hydrogens (tertiary/aromatic N) is 2. The molecule has 1 aromatic heterocycles. The molecule has 0 saturated carbocycles. The molecule has 1 unspecified atom stereocenters. The number of nitrogens with one attached hydrogen (secondary N) is 2. The molecule has 2 N–H and O–H groups in total. The molecule has 0 radical (unpaired) electrons. The zero-order valence-corrected chi connectivity index (χ0v) is 16.1. The molecule has 3 aromatic rings. The summed E-state index contributed by atoms with van der Waals surface area (Å²) in [7, 11) is 0. The van der Waals surface area contributed by atoms with E-state index in [1.807, 2.05) is 42.5 Å². The fourth-order valence-electron chi connectivity index (χ4n) is 2.48. The third-order valence-corrected chi connectivity index (χ3v) is 4.86. The Morgan fingerprint density at radius 1 is 1.07 bits per heavy atom. The minimum atomic E-state index is -0.701. The Morgan fingerprint density at radius 3 is 2.44 bits per heavy atom. The van der Waals surface area contributed by atoms with E-state index in [1.165, 1.54) is 18.3 Å². The van der Waals surface area contributed by atoms with Gasteiger partial charge in [0.15, 0.2) is 0 Å². The van der Waals surface area contributed by atoms with Crippen molar-refractivity contribution in [2.24, 2.45) is 0 Å². The Morgan fingerprint density at radius 2 is 1.78 bits per heavy atom. The largest absolute Gasteiger partial charge is 0.344 e. The molecule has 8 heteroatoms. The highest BCUT2D eigenvalue weighted by molar-refractivity contribution is 7.18. The number of aromatic nitrogens is 2. The van der Waals surface area contributed by atoms with E-state index < -0.39 is 6.04 Å². The van der Waals surface area contributed by atoms with Crippen LogP contribution in [0.5, 0.6) is 0 Å². The molecule has 0 fully saturated rings. The fraction of sp³-hybridized carbons (Fsp3) is 0.158. The summed E-state index contributed by atoms with van der Waals surface area (Å²) in [6, 6.07) is 16.0. The van der Waals surface area contributed by atoms with E-state index in [4.69, 9.17) is 11.6 Å². The van der Waals surface area contributed by atoms with Crippen LogP contribution in [0.4, 0.5) is 5.13 Å². The van der Waals surface area contributed by atoms with E-state index >= 15 is 0 Å². The van der Waals surface area contributed by atoms with Crippen molar-refractivity contribution in [1.82, 2.24) is 15.5 Å². The molecule has 6 nitrogen and oxygen atoms in total. The molecule has 0 aliphatic rings. The molecule has 1 heterocycles. The zero-order chi connectivity index (χ0) is 19.2. The summed E-state index contributed by atoms with van der Waals surface area (Å²) in [4.78, 5) is 24.1. The lowest BCUT2D eigenvalue weighted by molar-refractivity contribution is -0.125. The van der Waals surface area contributed by atoms with Gasteiger partial charge in [-0.25, -0.2) is 0 Å². The van der Waals surface area contributed by atoms with E-state index in [1.54, 1.807) is 12.1 Å². The van der Waals surface area contributed by atoms with Gasteiger partial charge in [-0.1, -0.05) is 65.4 Å². The van der Waals surface area contributed by atoms with Gasteiger partial charge in [0.1, 0.15) is 11.0 Å². The van der Waals surface area contributed by atoms with Crippen molar-refractivity contribution in [3.8, 4) is 10.6 Å². The summed E-state index contributed by atoms with van der Waals surface area (Å²) in [6.07, 6.45) is 0.384. The molecule has 0 spiro atoms. The number of benzene rings is 2. The van der Waals surface area contributed by atoms with Crippen molar-refractivity contribution in [2.45, 2.75) is 19.4 Å². The summed E-state index contributed by atoms with van der Waals surface area (Å²) in [5.74, 6) is -0.613. The Hall–Kier alpha value is -2.77. The molecule has 0 aliphatic carbocycles. The standard InChI is InChI=1S/C19H17ClN4O2S/c1-12(25)21-16(11-13-5-3-2-4-6-13)17(26)22-19-24-23-18(27-19)14-7-9-15(20)10-8-14/h2-10,16H,11H2,1H3,(H,21,25)(H,22,24,26). The lowest BCUT2D eigenvalue weighted by atomic mass is 10.1. The lowest BCUT2D eigenvalue weighted by Gasteiger charge is -2.16. The van der Waals surface area contributed by atoms with E-state index in [2.05, 4.69) is 20.8 Å². The van der Waals surface area contributed by atoms with Crippen molar-refractivity contribution in [3.63, 3.8) is 0 Å². The van der Waals surface area contributed by atoms with E-state index in [0.717, 1.165) is 11.1 Å². The van der Waals surface area contributed by atoms with Gasteiger partial charge >= 0.3 is 0 Å². The van der Waals surface area contributed by atoms with Gasteiger partial charge in [-0.3, -0.25) is 14.9 Å². The van der Waals surface area contributed by atoms with Crippen LogP contribution in [0, 0.1) is 0 Å². The van der Waals surface area contributed by atoms with Crippen LogP contribution in [0.25, 0.3) is 10.6 Å². The molecular weight excluding hydrogens is 384 g/mol. The smallest absolute Gasteiger partial charge is 0.249 e. The quantitative estimate of drug-likeness (QED) is 0.662. The first-order valence-electron chi connectivity index (χ1n) is 8.22. The summed E-state index contributed by atoms with van der Waals surface area (Å²) < 4.78 is 0. The predicted octanol–water partition coefficient (Wildman–Crippen LogP) is 3.54. The topological polar surface area (TPSA) is 84.0 Å². The number of amides is 2. The normalized spacial score (nSPS) is 11.6. The van der Waals surface area contributed by atoms with Crippen LogP contribution in [0.15, 0.2) is 54.6 Å². The van der Waals surface area contributed by atoms with Crippen molar-refractivity contribution < 1.29 is 9.59 Å². The number of rotatable bonds is 6. The first-order chi connectivity index (χ1) is 13.0. The highest BCUT2D eigenvalue weighted by Gasteiger charge is 2.21. The molecule has 2 aromatic carbocycles. The van der Waals surface area contributed by atoms with Crippen LogP contribution < -0.4 is 10.6 Å². The van der Waals surface area contributed by atoms with Gasteiger partial charge in [-0.05, 0) is 17.7 Å². The van der Waals surface area contributed by atoms with E-state index in [9.17, 15) is 9.59 Å². The maximum Gasteiger partial charge on any atom is 0.249 e. The van der Waals surface area contributed by atoms with Gasteiger partial charge in [0.2, 0.25) is 16.9 Å². The van der Waals surface area contributed by atoms with Crippen LogP contribution in [0.2, 0.25) is 5.02 Å². The van der Waals surface area contributed by atoms with Crippen LogP contribution in [0.1, 0.15) is 12.5 Å². The second kappa shape index (κ2) is 8.75. The Labute approximate surface area is 165 Å². The van der Waals surface area contributed by atoms with Gasteiger partial charge in [0.05, 0.1) is 0 Å². The molecule has 27 heavy (non-hydrogen) atoms. The second-order valence-corrected chi connectivity index (χ2v) is 7.27. The molecule has 1 atom stereocenters. The average Bonchev–Trinajstić information content (AvgIpc) is 3.10. The molecule has 138 valence electrons. The highest BCUT2D eigenvalue weighted by atomic mass is 35.5. The number of hydrogen-bond acceptors (Lipinski definition) is 5. The molecule has 3 rings (SSSR count). The monoisotopic (exact) mass is 400 g/mol. The van der Waals surface area contributed by atoms with Gasteiger partial charge in [0.25, 0.3) is 0 Å². The van der Waals surface area contributed by atoms with Gasteiger partial charge in [-0.15, -0.1) is 10.2 Å². The minimum Gasteiger partial charge on any atom is -0.344 e. The first kappa shape index (κ1) is 19.0. The van der Waals surface area contributed by atoms with Crippen molar-refractivity contribution >= 4 is 39.9 Å². The Balaban J connectivity index is 1.71. The van der Waals surface area contributed by atoms with Crippen LogP contribution >= 0.6 is 22.9 Å². The third kappa shape index (κ3) is 5.35. The molecule has 0 aliphatic heterocycles. The maximum absolute atomic E-state index is 12.6. The van der Waals surface area contributed by atoms with Gasteiger partial charge in [0, 0.05) is 23.9 Å². The average molecular weight is 401 g/mol. The molecule has 0 saturated heterocycles. The molecule has 0 bridgehead atoms. The summed E-state index contributed by atoms with van der Waals surface area (Å²) >= 11 is 7.14. The summed E-state index contributed by atoms with van der Waals surface area (Å²) in [5.41, 5.74) is 1.81. The van der Waals surface area contributed by atoms with Crippen LogP contribution in [0.3, 0.4) is 0 Å². The fourth-order valence-corrected chi connectivity index (χ4v) is 3.36. The van der Waals surface area contributed by atoms with Crippen molar-refractivity contribution in [1.29, 1.82) is 0 Å². The number of halogens is 1. The van der Waals surface area contributed by atoms with Crippen LogP contribution in [-0.2, 0) is 16.0 Å². The highest BCUT2D eigenvalue weighted by Crippen LogP contribution is 2.27. The SMILES string of the molecule is CC(=O)NC(Cc1ccccc1)C(=O)Nc1nnc(-c2ccc(Cl)cc2)s1. The van der Waals surface area contributed by atoms with Crippen molar-refractivity contribution in [2.75, 3.05) is 5.32 Å². The second-order valence-electron chi connectivity index (χ2n) is 5.85. The maximum atomic E-state index is 12.6. The Bertz CT molecular complexity index is 928. The number of anilines is 1. The van der Waals surface area contributed by atoms with Gasteiger partial charge in [-0.2, -0.15) is 0 Å². The molecule has 2 amide bonds. The number of carbonyl (C=O) groups is 2. The number of carbonyl (C=O) groups excluding carboxylic acids is 2. The predicted molar refractivity (Wildman–Crippen MR) is 107 cm³/mol. The van der Waals surface area contributed by atoms with Gasteiger partial charge < -0.3 is 5.32 Å². The third-order valence-electron chi connectivity index (χ3n) is 3.72. The lowest BCUT2D eigenvalue weighted by Crippen LogP contribution is -2.44. The van der Waals surface area contributed by atoms with E-state index in [-0.39, 0.29) is 11.8 Å². The number of hydrogen-bond donors (Lipinski definition) is 2. The zero-order valence-electron chi connectivity index (χ0n) is 14.5. The Kier molecular flexibility index (Phi) is 6.16. The van der Waals surface area contributed by atoms with Crippen LogP contribution in [-0.4, -0.2) is 28.1 Å². The van der Waals surface area contributed by atoms with Crippen molar-refractivity contribution in [3.05, 3.63) is 65.2 Å².